The predicted octanol–water partition coefficient (Wildman–Crippen LogP) is 1.08. The number of methoxy groups -OCH3 is 1. The number of hydrogen-bond donors (Lipinski definition) is 1. The highest BCUT2D eigenvalue weighted by molar-refractivity contribution is 9.10. The first-order chi connectivity index (χ1) is 6.99. The summed E-state index contributed by atoms with van der Waals surface area (Å²) >= 11 is 3.28. The number of rotatable bonds is 4. The molecule has 0 spiro atoms. The highest BCUT2D eigenvalue weighted by Crippen LogP contribution is 2.25. The van der Waals surface area contributed by atoms with Crippen molar-refractivity contribution in [3.63, 3.8) is 0 Å². The second kappa shape index (κ2) is 5.27. The Morgan fingerprint density at radius 3 is 2.93 bits per heavy atom. The molecule has 0 bridgehead atoms. The molecule has 1 aliphatic heterocycles. The normalized spacial score (nSPS) is 32.7. The van der Waals surface area contributed by atoms with Crippen LogP contribution in [0.15, 0.2) is 0 Å². The molecule has 3 unspecified atom stereocenters. The molecule has 0 aliphatic carbocycles. The lowest BCUT2D eigenvalue weighted by molar-refractivity contribution is -0.139. The van der Waals surface area contributed by atoms with Crippen molar-refractivity contribution < 1.29 is 14.3 Å². The van der Waals surface area contributed by atoms with Gasteiger partial charge >= 0.3 is 5.97 Å². The summed E-state index contributed by atoms with van der Waals surface area (Å²) in [5.41, 5.74) is -0.0416. The number of carbonyl (C=O) groups is 1. The van der Waals surface area contributed by atoms with E-state index in [0.717, 1.165) is 13.0 Å². The minimum Gasteiger partial charge on any atom is -0.468 e. The van der Waals surface area contributed by atoms with E-state index in [0.29, 0.717) is 6.54 Å². The van der Waals surface area contributed by atoms with Gasteiger partial charge in [-0.2, -0.15) is 0 Å². The summed E-state index contributed by atoms with van der Waals surface area (Å²) in [6, 6.07) is 0. The topological polar surface area (TPSA) is 47.6 Å². The Labute approximate surface area is 98.8 Å². The van der Waals surface area contributed by atoms with Crippen LogP contribution in [0.25, 0.3) is 0 Å². The zero-order valence-corrected chi connectivity index (χ0v) is 11.0. The van der Waals surface area contributed by atoms with Crippen LogP contribution in [0.3, 0.4) is 0 Å². The molecule has 0 saturated carbocycles. The van der Waals surface area contributed by atoms with Gasteiger partial charge in [0.15, 0.2) is 0 Å². The lowest BCUT2D eigenvalue weighted by Gasteiger charge is -2.29. The Bertz CT molecular complexity index is 237. The van der Waals surface area contributed by atoms with E-state index in [1.54, 1.807) is 0 Å². The summed E-state index contributed by atoms with van der Waals surface area (Å²) in [6.45, 7) is 5.48. The number of hydrogen-bond acceptors (Lipinski definition) is 4. The molecule has 0 aromatic carbocycles. The lowest BCUT2D eigenvalue weighted by Crippen LogP contribution is -2.50. The minimum atomic E-state index is -0.299. The van der Waals surface area contributed by atoms with Crippen molar-refractivity contribution in [2.45, 2.75) is 36.7 Å². The van der Waals surface area contributed by atoms with Crippen LogP contribution in [0.4, 0.5) is 0 Å². The number of ether oxygens (including phenoxy) is 2. The van der Waals surface area contributed by atoms with E-state index in [1.807, 2.05) is 6.92 Å². The molecule has 1 aliphatic rings. The number of nitrogens with one attached hydrogen (secondary N) is 1. The molecule has 1 rings (SSSR count). The van der Waals surface area contributed by atoms with Crippen molar-refractivity contribution >= 4 is 21.9 Å². The zero-order chi connectivity index (χ0) is 11.5. The molecule has 88 valence electrons. The van der Waals surface area contributed by atoms with Gasteiger partial charge < -0.3 is 14.8 Å². The molecule has 0 aromatic rings. The monoisotopic (exact) mass is 279 g/mol. The Morgan fingerprint density at radius 2 is 2.47 bits per heavy atom. The molecule has 3 atom stereocenters. The molecule has 1 heterocycles. The molecular weight excluding hydrogens is 262 g/mol. The molecular formula is C10H18BrNO3. The first-order valence-electron chi connectivity index (χ1n) is 5.08. The summed E-state index contributed by atoms with van der Waals surface area (Å²) in [5, 5.41) is 3.35. The Morgan fingerprint density at radius 1 is 1.80 bits per heavy atom. The van der Waals surface area contributed by atoms with Crippen LogP contribution >= 0.6 is 15.9 Å². The van der Waals surface area contributed by atoms with Crippen LogP contribution in [0.1, 0.15) is 20.3 Å². The number of carbonyl (C=O) groups excluding carboxylic acids is 1. The zero-order valence-electron chi connectivity index (χ0n) is 9.38. The summed E-state index contributed by atoms with van der Waals surface area (Å²) in [7, 11) is 1.39. The van der Waals surface area contributed by atoms with Crippen LogP contribution in [-0.2, 0) is 14.3 Å². The van der Waals surface area contributed by atoms with Crippen LogP contribution in [-0.4, -0.2) is 42.7 Å². The Balaban J connectivity index is 2.39. The first kappa shape index (κ1) is 12.9. The third kappa shape index (κ3) is 3.16. The van der Waals surface area contributed by atoms with E-state index in [1.165, 1.54) is 7.11 Å². The molecule has 0 aromatic heterocycles. The summed E-state index contributed by atoms with van der Waals surface area (Å²) in [4.78, 5) is 10.9. The summed E-state index contributed by atoms with van der Waals surface area (Å²) in [6.07, 6.45) is 1.14. The smallest absolute Gasteiger partial charge is 0.320 e. The van der Waals surface area contributed by atoms with Crippen LogP contribution in [0.2, 0.25) is 0 Å². The van der Waals surface area contributed by atoms with Gasteiger partial charge in [-0.1, -0.05) is 15.9 Å². The van der Waals surface area contributed by atoms with Gasteiger partial charge in [0.2, 0.25) is 0 Å². The van der Waals surface area contributed by atoms with Gasteiger partial charge in [0.1, 0.15) is 4.83 Å². The Kier molecular flexibility index (Phi) is 4.55. The number of halogens is 1. The maximum Gasteiger partial charge on any atom is 0.320 e. The van der Waals surface area contributed by atoms with Gasteiger partial charge in [-0.05, 0) is 20.3 Å². The quantitative estimate of drug-likeness (QED) is 0.618. The second-order valence-electron chi connectivity index (χ2n) is 4.05. The maximum absolute atomic E-state index is 11.2. The Hall–Kier alpha value is -0.130. The second-order valence-corrected chi connectivity index (χ2v) is 5.16. The fraction of sp³-hybridized carbons (Fsp3) is 0.900. The SMILES string of the molecule is COC(=O)C(Br)CNC1(C)CCOC1C. The minimum absolute atomic E-state index is 0.0416. The van der Waals surface area contributed by atoms with Gasteiger partial charge in [0, 0.05) is 18.7 Å². The number of alkyl halides is 1. The fourth-order valence-electron chi connectivity index (χ4n) is 1.60. The lowest BCUT2D eigenvalue weighted by atomic mass is 9.94. The van der Waals surface area contributed by atoms with Gasteiger partial charge in [0.05, 0.1) is 13.2 Å². The van der Waals surface area contributed by atoms with Crippen LogP contribution < -0.4 is 5.32 Å². The molecule has 5 heteroatoms. The van der Waals surface area contributed by atoms with Crippen molar-refractivity contribution in [2.24, 2.45) is 0 Å². The molecule has 0 amide bonds. The first-order valence-corrected chi connectivity index (χ1v) is 5.99. The summed E-state index contributed by atoms with van der Waals surface area (Å²) < 4.78 is 10.1. The van der Waals surface area contributed by atoms with E-state index >= 15 is 0 Å². The molecule has 0 radical (unpaired) electrons. The van der Waals surface area contributed by atoms with Crippen LogP contribution in [0.5, 0.6) is 0 Å². The standard InChI is InChI=1S/C10H18BrNO3/c1-7-10(2,4-5-15-7)12-6-8(11)9(13)14-3/h7-8,12H,4-6H2,1-3H3. The van der Waals surface area contributed by atoms with Crippen LogP contribution in [0, 0.1) is 0 Å². The number of esters is 1. The maximum atomic E-state index is 11.2. The van der Waals surface area contributed by atoms with Gasteiger partial charge in [-0.15, -0.1) is 0 Å². The molecule has 1 N–H and O–H groups in total. The van der Waals surface area contributed by atoms with E-state index < -0.39 is 0 Å². The van der Waals surface area contributed by atoms with Crippen molar-refractivity contribution in [2.75, 3.05) is 20.3 Å². The molecule has 4 nitrogen and oxygen atoms in total. The van der Waals surface area contributed by atoms with Gasteiger partial charge in [0.25, 0.3) is 0 Å². The molecule has 1 saturated heterocycles. The largest absolute Gasteiger partial charge is 0.468 e. The van der Waals surface area contributed by atoms with E-state index in [4.69, 9.17) is 4.74 Å². The average molecular weight is 280 g/mol. The highest BCUT2D eigenvalue weighted by Gasteiger charge is 2.37. The molecule has 15 heavy (non-hydrogen) atoms. The van der Waals surface area contributed by atoms with E-state index in [9.17, 15) is 4.79 Å². The van der Waals surface area contributed by atoms with E-state index in [2.05, 4.69) is 32.9 Å². The predicted molar refractivity (Wildman–Crippen MR) is 61.2 cm³/mol. The van der Waals surface area contributed by atoms with Gasteiger partial charge in [-0.25, -0.2) is 0 Å². The van der Waals surface area contributed by atoms with Crippen molar-refractivity contribution in [3.05, 3.63) is 0 Å². The third-order valence-electron chi connectivity index (χ3n) is 3.03. The average Bonchev–Trinajstić information content (AvgIpc) is 2.55. The van der Waals surface area contributed by atoms with Crippen molar-refractivity contribution in [1.82, 2.24) is 5.32 Å². The fourth-order valence-corrected chi connectivity index (χ4v) is 1.95. The van der Waals surface area contributed by atoms with Crippen molar-refractivity contribution in [1.29, 1.82) is 0 Å². The third-order valence-corrected chi connectivity index (χ3v) is 3.73. The molecule has 1 fully saturated rings. The van der Waals surface area contributed by atoms with E-state index in [-0.39, 0.29) is 22.4 Å². The van der Waals surface area contributed by atoms with Crippen molar-refractivity contribution in [3.8, 4) is 0 Å². The van der Waals surface area contributed by atoms with Gasteiger partial charge in [-0.3, -0.25) is 4.79 Å². The summed E-state index contributed by atoms with van der Waals surface area (Å²) in [5.74, 6) is -0.252. The highest BCUT2D eigenvalue weighted by atomic mass is 79.9.